The summed E-state index contributed by atoms with van der Waals surface area (Å²) in [5.41, 5.74) is 9.71. The fraction of sp³-hybridized carbons (Fsp3) is 0.156. The number of aromatic nitrogens is 2. The third-order valence-corrected chi connectivity index (χ3v) is 9.71. The molecule has 48 heavy (non-hydrogen) atoms. The summed E-state index contributed by atoms with van der Waals surface area (Å²) in [7, 11) is 0. The molecule has 0 N–H and O–H groups in total. The third kappa shape index (κ3) is 5.23. The van der Waals surface area contributed by atoms with Crippen molar-refractivity contribution in [1.29, 1.82) is 0 Å². The summed E-state index contributed by atoms with van der Waals surface area (Å²) in [6.07, 6.45) is 3.78. The molecule has 8 aromatic rings. The van der Waals surface area contributed by atoms with Gasteiger partial charge in [-0.15, -0.1) is 52.9 Å². The Kier molecular flexibility index (Phi) is 8.02. The van der Waals surface area contributed by atoms with E-state index in [0.717, 1.165) is 22.2 Å². The first-order chi connectivity index (χ1) is 22.7. The van der Waals surface area contributed by atoms with E-state index in [2.05, 4.69) is 149 Å². The number of rotatable bonds is 2. The molecule has 6 aromatic carbocycles. The third-order valence-electron chi connectivity index (χ3n) is 9.71. The molecule has 1 aliphatic carbocycles. The molecule has 0 amide bonds. The number of nitrogens with zero attached hydrogens (tertiary/aromatic N) is 2. The maximum Gasteiger partial charge on any atom is 0.0183 e. The maximum absolute atomic E-state index is 4.75. The Balaban J connectivity index is 0.000000150. The van der Waals surface area contributed by atoms with Crippen molar-refractivity contribution in [1.82, 2.24) is 9.97 Å². The van der Waals surface area contributed by atoms with E-state index in [1.54, 1.807) is 0 Å². The first kappa shape index (κ1) is 31.9. The molecule has 3 heteroatoms. The van der Waals surface area contributed by atoms with E-state index in [4.69, 9.17) is 4.98 Å². The van der Waals surface area contributed by atoms with Gasteiger partial charge in [0.1, 0.15) is 0 Å². The van der Waals surface area contributed by atoms with E-state index in [1.165, 1.54) is 60.1 Å². The minimum absolute atomic E-state index is 0. The number of hydrogen-bond acceptors (Lipinski definition) is 2. The van der Waals surface area contributed by atoms with Gasteiger partial charge in [0.2, 0.25) is 0 Å². The van der Waals surface area contributed by atoms with Gasteiger partial charge in [-0.3, -0.25) is 4.98 Å². The van der Waals surface area contributed by atoms with Crippen molar-refractivity contribution in [3.05, 3.63) is 156 Å². The number of hydrogen-bond donors (Lipinski definition) is 0. The molecule has 0 bridgehead atoms. The summed E-state index contributed by atoms with van der Waals surface area (Å²) in [5.74, 6) is 0. The molecule has 0 unspecified atom stereocenters. The van der Waals surface area contributed by atoms with Crippen molar-refractivity contribution in [3.8, 4) is 22.4 Å². The van der Waals surface area contributed by atoms with Gasteiger partial charge < -0.3 is 4.98 Å². The van der Waals surface area contributed by atoms with E-state index < -0.39 is 0 Å². The molecule has 0 spiro atoms. The quantitative estimate of drug-likeness (QED) is 0.0989. The van der Waals surface area contributed by atoms with Crippen LogP contribution in [0, 0.1) is 12.1 Å². The molecular weight excluding hydrogens is 761 g/mol. The van der Waals surface area contributed by atoms with Gasteiger partial charge in [0.05, 0.1) is 0 Å². The molecule has 0 fully saturated rings. The second-order valence-corrected chi connectivity index (χ2v) is 14.1. The first-order valence-electron chi connectivity index (χ1n) is 16.3. The summed E-state index contributed by atoms with van der Waals surface area (Å²) in [5, 5.41) is 8.92. The minimum Gasteiger partial charge on any atom is -0.305 e. The zero-order valence-corrected chi connectivity index (χ0v) is 30.2. The Labute approximate surface area is 296 Å². The SMILES string of the molecule is CC(C)(C)c1ccnc(-c2[c-]ccc(-c3ccccc3)c2)c1.CC1(C)c2c3ccccc3[c-]c3c4ncccc4c4cccc1c4c23.[Ir]. The first-order valence-corrected chi connectivity index (χ1v) is 16.3. The van der Waals surface area contributed by atoms with Crippen molar-refractivity contribution < 1.29 is 20.1 Å². The monoisotopic (exact) mass is 797 g/mol. The van der Waals surface area contributed by atoms with Gasteiger partial charge in [-0.1, -0.05) is 135 Å². The number of pyridine rings is 2. The Morgan fingerprint density at radius 2 is 1.40 bits per heavy atom. The van der Waals surface area contributed by atoms with E-state index in [0.29, 0.717) is 0 Å². The number of benzene rings is 6. The fourth-order valence-corrected chi connectivity index (χ4v) is 7.34. The van der Waals surface area contributed by atoms with Crippen LogP contribution in [-0.2, 0) is 30.9 Å². The molecule has 0 saturated carbocycles. The predicted molar refractivity (Wildman–Crippen MR) is 198 cm³/mol. The molecule has 237 valence electrons. The van der Waals surface area contributed by atoms with E-state index in [1.807, 2.05) is 30.6 Å². The normalized spacial score (nSPS) is 13.1. The van der Waals surface area contributed by atoms with Gasteiger partial charge in [0.25, 0.3) is 0 Å². The van der Waals surface area contributed by atoms with Crippen molar-refractivity contribution >= 4 is 43.2 Å². The second-order valence-electron chi connectivity index (χ2n) is 14.1. The van der Waals surface area contributed by atoms with E-state index in [9.17, 15) is 0 Å². The molecule has 2 nitrogen and oxygen atoms in total. The molecule has 0 saturated heterocycles. The Hall–Kier alpha value is -4.69. The topological polar surface area (TPSA) is 25.8 Å². The fourth-order valence-electron chi connectivity index (χ4n) is 7.34. The van der Waals surface area contributed by atoms with E-state index in [-0.39, 0.29) is 30.9 Å². The van der Waals surface area contributed by atoms with Crippen LogP contribution >= 0.6 is 0 Å². The standard InChI is InChI=1S/C24H16N.C21H20N.Ir/c1-24(2)19-11-5-9-16-17-10-6-12-25-23(17)18-13-14-7-3-4-8-15(14)22(24)21(18)20(16)19;1-21(2,3)19-12-13-22-20(15-19)18-11-7-10-17(14-18)16-8-5-4-6-9-16;/h3-12H,1-2H3;4-10,12-15H,1-3H3;/q2*-1;. The summed E-state index contributed by atoms with van der Waals surface area (Å²) >= 11 is 0. The molecule has 0 aliphatic heterocycles. The summed E-state index contributed by atoms with van der Waals surface area (Å²) in [4.78, 5) is 9.27. The van der Waals surface area contributed by atoms with Gasteiger partial charge in [-0.2, -0.15) is 0 Å². The molecular formula is C45H36IrN2-2. The summed E-state index contributed by atoms with van der Waals surface area (Å²) in [6, 6.07) is 47.5. The molecule has 9 rings (SSSR count). The number of fused-ring (bicyclic) bond motifs is 5. The van der Waals surface area contributed by atoms with Crippen molar-refractivity contribution in [2.24, 2.45) is 0 Å². The average molecular weight is 797 g/mol. The molecule has 1 aliphatic rings. The molecule has 2 heterocycles. The summed E-state index contributed by atoms with van der Waals surface area (Å²) < 4.78 is 0. The Morgan fingerprint density at radius 3 is 2.21 bits per heavy atom. The van der Waals surface area contributed by atoms with E-state index >= 15 is 0 Å². The zero-order chi connectivity index (χ0) is 32.3. The largest absolute Gasteiger partial charge is 0.305 e. The van der Waals surface area contributed by atoms with Crippen LogP contribution in [0.5, 0.6) is 0 Å². The van der Waals surface area contributed by atoms with Gasteiger partial charge in [0, 0.05) is 43.4 Å². The van der Waals surface area contributed by atoms with Crippen LogP contribution in [0.3, 0.4) is 0 Å². The molecule has 1 radical (unpaired) electrons. The van der Waals surface area contributed by atoms with Gasteiger partial charge in [0.15, 0.2) is 0 Å². The van der Waals surface area contributed by atoms with Crippen molar-refractivity contribution in [2.75, 3.05) is 0 Å². The minimum atomic E-state index is -0.0217. The average Bonchev–Trinajstić information content (AvgIpc) is 3.35. The van der Waals surface area contributed by atoms with Crippen LogP contribution in [0.15, 0.2) is 128 Å². The predicted octanol–water partition coefficient (Wildman–Crippen LogP) is 11.6. The summed E-state index contributed by atoms with van der Waals surface area (Å²) in [6.45, 7) is 11.4. The van der Waals surface area contributed by atoms with Crippen LogP contribution in [-0.4, -0.2) is 9.97 Å². The van der Waals surface area contributed by atoms with Crippen LogP contribution < -0.4 is 0 Å². The molecule has 2 aromatic heterocycles. The van der Waals surface area contributed by atoms with Gasteiger partial charge in [-0.05, 0) is 56.1 Å². The smallest absolute Gasteiger partial charge is 0.0183 e. The van der Waals surface area contributed by atoms with Crippen LogP contribution in [0.4, 0.5) is 0 Å². The van der Waals surface area contributed by atoms with Gasteiger partial charge >= 0.3 is 0 Å². The maximum atomic E-state index is 4.75. The van der Waals surface area contributed by atoms with Crippen LogP contribution in [0.2, 0.25) is 0 Å². The Bertz CT molecular complexity index is 2470. The zero-order valence-electron chi connectivity index (χ0n) is 27.9. The van der Waals surface area contributed by atoms with Gasteiger partial charge in [-0.25, -0.2) is 0 Å². The Morgan fingerprint density at radius 1 is 0.646 bits per heavy atom. The van der Waals surface area contributed by atoms with Crippen LogP contribution in [0.25, 0.3) is 65.6 Å². The van der Waals surface area contributed by atoms with Crippen molar-refractivity contribution in [2.45, 2.75) is 45.4 Å². The molecule has 0 atom stereocenters. The van der Waals surface area contributed by atoms with Crippen LogP contribution in [0.1, 0.15) is 51.3 Å². The van der Waals surface area contributed by atoms with Crippen molar-refractivity contribution in [3.63, 3.8) is 0 Å². The second kappa shape index (κ2) is 12.1.